The number of halogens is 2. The van der Waals surface area contributed by atoms with Crippen LogP contribution >= 0.6 is 23.2 Å². The van der Waals surface area contributed by atoms with Crippen molar-refractivity contribution in [3.8, 4) is 11.7 Å². The monoisotopic (exact) mass is 464 g/mol. The van der Waals surface area contributed by atoms with E-state index < -0.39 is 0 Å². The molecule has 3 aromatic rings. The molecule has 2 aromatic heterocycles. The number of nitrogens with one attached hydrogen (secondary N) is 1. The molecule has 0 saturated carbocycles. The second-order valence-corrected chi connectivity index (χ2v) is 8.18. The van der Waals surface area contributed by atoms with E-state index in [-0.39, 0.29) is 18.4 Å². The fraction of sp³-hybridized carbons (Fsp3) is 0.381. The van der Waals surface area contributed by atoms with Gasteiger partial charge >= 0.3 is 0 Å². The van der Waals surface area contributed by atoms with Crippen molar-refractivity contribution < 1.29 is 18.5 Å². The van der Waals surface area contributed by atoms with E-state index in [9.17, 15) is 4.79 Å². The van der Waals surface area contributed by atoms with Crippen LogP contribution in [0.4, 0.5) is 0 Å². The molecule has 1 fully saturated rings. The van der Waals surface area contributed by atoms with Gasteiger partial charge in [-0.1, -0.05) is 34.4 Å². The minimum absolute atomic E-state index is 0.0889. The lowest BCUT2D eigenvalue weighted by molar-refractivity contribution is -0.121. The van der Waals surface area contributed by atoms with Crippen molar-refractivity contribution in [1.82, 2.24) is 20.4 Å². The number of furan rings is 1. The second-order valence-electron chi connectivity index (χ2n) is 7.37. The molecule has 1 aliphatic rings. The third-order valence-corrected chi connectivity index (χ3v) is 5.61. The highest BCUT2D eigenvalue weighted by molar-refractivity contribution is 6.42. The van der Waals surface area contributed by atoms with Crippen LogP contribution in [0.3, 0.4) is 0 Å². The number of aromatic nitrogens is 2. The molecule has 3 heterocycles. The number of rotatable bonds is 7. The first-order valence-electron chi connectivity index (χ1n) is 9.90. The van der Waals surface area contributed by atoms with Gasteiger partial charge in [-0.25, -0.2) is 0 Å². The first-order chi connectivity index (χ1) is 15.0. The molecule has 0 unspecified atom stereocenters. The molecule has 1 aromatic carbocycles. The molecule has 1 N–H and O–H groups in total. The summed E-state index contributed by atoms with van der Waals surface area (Å²) in [5.41, 5.74) is 1.09. The summed E-state index contributed by atoms with van der Waals surface area (Å²) in [5, 5.41) is 7.74. The van der Waals surface area contributed by atoms with E-state index in [1.54, 1.807) is 25.1 Å². The number of hydrogen-bond donors (Lipinski definition) is 1. The molecule has 4 rings (SSSR count). The van der Waals surface area contributed by atoms with Crippen LogP contribution in [0.25, 0.3) is 11.7 Å². The molecule has 1 amide bonds. The Morgan fingerprint density at radius 3 is 2.90 bits per heavy atom. The fourth-order valence-electron chi connectivity index (χ4n) is 3.38. The zero-order valence-electron chi connectivity index (χ0n) is 16.9. The number of nitrogens with zero attached hydrogens (tertiary/aromatic N) is 3. The Labute approximate surface area is 189 Å². The number of amides is 1. The Bertz CT molecular complexity index is 1050. The Hall–Kier alpha value is -2.39. The van der Waals surface area contributed by atoms with E-state index in [0.717, 1.165) is 18.7 Å². The molecule has 1 saturated heterocycles. The number of carbonyl (C=O) groups is 1. The third kappa shape index (κ3) is 5.86. The van der Waals surface area contributed by atoms with Gasteiger partial charge in [0.05, 0.1) is 29.2 Å². The Morgan fingerprint density at radius 1 is 1.26 bits per heavy atom. The molecule has 1 aliphatic heterocycles. The summed E-state index contributed by atoms with van der Waals surface area (Å²) in [5.74, 6) is 1.63. The van der Waals surface area contributed by atoms with Crippen LogP contribution in [-0.2, 0) is 22.5 Å². The van der Waals surface area contributed by atoms with E-state index in [1.165, 1.54) is 0 Å². The third-order valence-electron chi connectivity index (χ3n) is 4.87. The lowest BCUT2D eigenvalue weighted by atomic mass is 10.2. The zero-order chi connectivity index (χ0) is 21.8. The number of aryl methyl sites for hydroxylation is 1. The zero-order valence-corrected chi connectivity index (χ0v) is 18.4. The van der Waals surface area contributed by atoms with E-state index in [4.69, 9.17) is 36.9 Å². The minimum atomic E-state index is -0.146. The largest absolute Gasteiger partial charge is 0.455 e. The summed E-state index contributed by atoms with van der Waals surface area (Å²) >= 11 is 12.1. The van der Waals surface area contributed by atoms with E-state index >= 15 is 0 Å². The molecule has 31 heavy (non-hydrogen) atoms. The van der Waals surface area contributed by atoms with Gasteiger partial charge in [0.15, 0.2) is 11.6 Å². The SMILES string of the molecule is Cc1noc(-c2ccc(CC(=O)NC[C@H]3CN(Cc4ccc(Cl)c(Cl)c4)CCO3)o2)n1. The molecule has 0 aliphatic carbocycles. The lowest BCUT2D eigenvalue weighted by Crippen LogP contribution is -2.47. The van der Waals surface area contributed by atoms with Crippen molar-refractivity contribution in [2.45, 2.75) is 26.0 Å². The standard InChI is InChI=1S/C21H22Cl2N4O4/c1-13-25-21(31-26-13)19-5-3-15(30-19)9-20(28)24-10-16-12-27(6-7-29-16)11-14-2-4-17(22)18(23)8-14/h2-5,8,16H,6-7,9-12H2,1H3,(H,24,28)/t16-/m0/s1. The molecular weight excluding hydrogens is 443 g/mol. The number of morpholine rings is 1. The van der Waals surface area contributed by atoms with Crippen molar-refractivity contribution in [2.24, 2.45) is 0 Å². The summed E-state index contributed by atoms with van der Waals surface area (Å²) in [6.07, 6.45) is 0.0290. The van der Waals surface area contributed by atoms with Gasteiger partial charge in [0.25, 0.3) is 5.89 Å². The van der Waals surface area contributed by atoms with Crippen LogP contribution in [0.15, 0.2) is 39.3 Å². The molecule has 0 radical (unpaired) electrons. The van der Waals surface area contributed by atoms with Crippen molar-refractivity contribution in [3.63, 3.8) is 0 Å². The maximum Gasteiger partial charge on any atom is 0.293 e. The molecule has 0 bridgehead atoms. The maximum atomic E-state index is 12.3. The van der Waals surface area contributed by atoms with Gasteiger partial charge in [-0.15, -0.1) is 0 Å². The summed E-state index contributed by atoms with van der Waals surface area (Å²) in [7, 11) is 0. The Balaban J connectivity index is 1.24. The molecule has 164 valence electrons. The number of carbonyl (C=O) groups excluding carboxylic acids is 1. The van der Waals surface area contributed by atoms with Gasteiger partial charge < -0.3 is 19.0 Å². The number of hydrogen-bond acceptors (Lipinski definition) is 7. The van der Waals surface area contributed by atoms with Crippen LogP contribution in [0.2, 0.25) is 10.0 Å². The summed E-state index contributed by atoms with van der Waals surface area (Å²) in [4.78, 5) is 18.7. The average Bonchev–Trinajstić information content (AvgIpc) is 3.38. The van der Waals surface area contributed by atoms with Gasteiger partial charge in [0, 0.05) is 26.2 Å². The summed E-state index contributed by atoms with van der Waals surface area (Å²) in [6, 6.07) is 9.08. The van der Waals surface area contributed by atoms with Gasteiger partial charge in [0.1, 0.15) is 5.76 Å². The van der Waals surface area contributed by atoms with Crippen molar-refractivity contribution in [2.75, 3.05) is 26.2 Å². The van der Waals surface area contributed by atoms with E-state index in [0.29, 0.717) is 53.0 Å². The second kappa shape index (κ2) is 9.82. The Morgan fingerprint density at radius 2 is 2.13 bits per heavy atom. The molecular formula is C21H22Cl2N4O4. The lowest BCUT2D eigenvalue weighted by Gasteiger charge is -2.33. The predicted octanol–water partition coefficient (Wildman–Crippen LogP) is 3.50. The van der Waals surface area contributed by atoms with Gasteiger partial charge in [-0.05, 0) is 36.8 Å². The van der Waals surface area contributed by atoms with Gasteiger partial charge in [-0.2, -0.15) is 4.98 Å². The van der Waals surface area contributed by atoms with E-state index in [2.05, 4.69) is 20.4 Å². The van der Waals surface area contributed by atoms with Gasteiger partial charge in [-0.3, -0.25) is 9.69 Å². The summed E-state index contributed by atoms with van der Waals surface area (Å²) < 4.78 is 16.5. The molecule has 8 nitrogen and oxygen atoms in total. The average molecular weight is 465 g/mol. The molecule has 1 atom stereocenters. The maximum absolute atomic E-state index is 12.3. The molecule has 0 spiro atoms. The van der Waals surface area contributed by atoms with Crippen LogP contribution in [0.1, 0.15) is 17.1 Å². The minimum Gasteiger partial charge on any atom is -0.455 e. The normalized spacial score (nSPS) is 17.1. The van der Waals surface area contributed by atoms with E-state index in [1.807, 2.05) is 12.1 Å². The predicted molar refractivity (Wildman–Crippen MR) is 115 cm³/mol. The van der Waals surface area contributed by atoms with Crippen molar-refractivity contribution in [1.29, 1.82) is 0 Å². The highest BCUT2D eigenvalue weighted by Gasteiger charge is 2.22. The smallest absolute Gasteiger partial charge is 0.293 e. The van der Waals surface area contributed by atoms with Gasteiger partial charge in [0.2, 0.25) is 5.91 Å². The van der Waals surface area contributed by atoms with Crippen LogP contribution in [0, 0.1) is 6.92 Å². The first kappa shape index (κ1) is 21.8. The first-order valence-corrected chi connectivity index (χ1v) is 10.7. The van der Waals surface area contributed by atoms with Crippen LogP contribution < -0.4 is 5.32 Å². The van der Waals surface area contributed by atoms with Crippen molar-refractivity contribution in [3.05, 3.63) is 57.5 Å². The highest BCUT2D eigenvalue weighted by atomic mass is 35.5. The number of benzene rings is 1. The van der Waals surface area contributed by atoms with Crippen LogP contribution in [0.5, 0.6) is 0 Å². The fourth-order valence-corrected chi connectivity index (χ4v) is 3.70. The quantitative estimate of drug-likeness (QED) is 0.571. The number of ether oxygens (including phenoxy) is 1. The summed E-state index contributed by atoms with van der Waals surface area (Å²) in [6.45, 7) is 5.02. The Kier molecular flexibility index (Phi) is 6.92. The molecule has 10 heteroatoms. The van der Waals surface area contributed by atoms with Crippen LogP contribution in [-0.4, -0.2) is 53.3 Å². The topological polar surface area (TPSA) is 93.6 Å². The highest BCUT2D eigenvalue weighted by Crippen LogP contribution is 2.24. The van der Waals surface area contributed by atoms with Crippen molar-refractivity contribution >= 4 is 29.1 Å².